The van der Waals surface area contributed by atoms with Crippen molar-refractivity contribution >= 4 is 28.3 Å². The first-order chi connectivity index (χ1) is 6.63. The second kappa shape index (κ2) is 5.51. The van der Waals surface area contributed by atoms with Crippen LogP contribution in [0.3, 0.4) is 0 Å². The number of aryl methyl sites for hydroxylation is 1. The fraction of sp³-hybridized carbons (Fsp3) is 0.778. The predicted octanol–water partition coefficient (Wildman–Crippen LogP) is 2.91. The molecule has 1 aromatic rings. The summed E-state index contributed by atoms with van der Waals surface area (Å²) in [6.07, 6.45) is 0.956. The maximum absolute atomic E-state index is 5.74. The molecule has 0 bridgehead atoms. The monoisotopic (exact) mass is 233 g/mol. The molecule has 1 heterocycles. The van der Waals surface area contributed by atoms with E-state index in [4.69, 9.17) is 11.6 Å². The van der Waals surface area contributed by atoms with E-state index in [2.05, 4.69) is 28.5 Å². The molecule has 0 saturated heterocycles. The molecule has 1 rings (SSSR count). The third-order valence-corrected chi connectivity index (χ3v) is 3.02. The van der Waals surface area contributed by atoms with Crippen molar-refractivity contribution in [2.45, 2.75) is 33.2 Å². The highest BCUT2D eigenvalue weighted by atomic mass is 35.5. The summed E-state index contributed by atoms with van der Waals surface area (Å²) in [6.45, 7) is 6.25. The minimum absolute atomic E-state index is 0.389. The van der Waals surface area contributed by atoms with E-state index in [9.17, 15) is 0 Å². The maximum atomic E-state index is 5.74. The number of rotatable bonds is 5. The zero-order valence-corrected chi connectivity index (χ0v) is 10.3. The molecule has 14 heavy (non-hydrogen) atoms. The first-order valence-electron chi connectivity index (χ1n) is 4.76. The minimum Gasteiger partial charge on any atom is -0.357 e. The van der Waals surface area contributed by atoms with Crippen LogP contribution in [-0.4, -0.2) is 21.3 Å². The van der Waals surface area contributed by atoms with Gasteiger partial charge in [-0.3, -0.25) is 0 Å². The second-order valence-electron chi connectivity index (χ2n) is 3.62. The normalized spacial score (nSPS) is 13.2. The van der Waals surface area contributed by atoms with Gasteiger partial charge in [0.2, 0.25) is 5.13 Å². The number of hydrogen-bond acceptors (Lipinski definition) is 4. The van der Waals surface area contributed by atoms with Crippen LogP contribution in [0.2, 0.25) is 0 Å². The van der Waals surface area contributed by atoms with Crippen LogP contribution in [0.4, 0.5) is 5.13 Å². The van der Waals surface area contributed by atoms with Crippen LogP contribution < -0.4 is 5.32 Å². The molecule has 1 N–H and O–H groups in total. The molecule has 1 atom stereocenters. The minimum atomic E-state index is 0.389. The van der Waals surface area contributed by atoms with Crippen molar-refractivity contribution in [1.82, 2.24) is 9.36 Å². The summed E-state index contributed by atoms with van der Waals surface area (Å²) >= 11 is 7.14. The highest BCUT2D eigenvalue weighted by Crippen LogP contribution is 2.17. The fourth-order valence-electron chi connectivity index (χ4n) is 1.20. The van der Waals surface area contributed by atoms with Gasteiger partial charge in [-0.25, -0.2) is 4.98 Å². The summed E-state index contributed by atoms with van der Waals surface area (Å²) in [5.74, 6) is 2.05. The first-order valence-corrected chi connectivity index (χ1v) is 6.07. The lowest BCUT2D eigenvalue weighted by Gasteiger charge is -2.20. The number of nitrogens with zero attached hydrogens (tertiary/aromatic N) is 2. The lowest BCUT2D eigenvalue weighted by atomic mass is 10.0. The van der Waals surface area contributed by atoms with Gasteiger partial charge in [-0.15, -0.1) is 11.6 Å². The molecule has 1 unspecified atom stereocenters. The number of hydrogen-bond donors (Lipinski definition) is 1. The van der Waals surface area contributed by atoms with Gasteiger partial charge in [0, 0.05) is 23.5 Å². The maximum Gasteiger partial charge on any atom is 0.202 e. The van der Waals surface area contributed by atoms with Crippen molar-refractivity contribution in [2.75, 3.05) is 11.2 Å². The van der Waals surface area contributed by atoms with E-state index < -0.39 is 0 Å². The fourth-order valence-corrected chi connectivity index (χ4v) is 2.08. The van der Waals surface area contributed by atoms with Gasteiger partial charge in [0.05, 0.1) is 0 Å². The molecule has 0 radical (unpaired) electrons. The van der Waals surface area contributed by atoms with E-state index in [1.807, 2.05) is 6.92 Å². The van der Waals surface area contributed by atoms with E-state index >= 15 is 0 Å². The molecule has 0 amide bonds. The van der Waals surface area contributed by atoms with Crippen LogP contribution in [0.25, 0.3) is 0 Å². The Morgan fingerprint density at radius 2 is 2.21 bits per heavy atom. The van der Waals surface area contributed by atoms with Crippen LogP contribution in [-0.2, 0) is 0 Å². The summed E-state index contributed by atoms with van der Waals surface area (Å²) < 4.78 is 4.12. The van der Waals surface area contributed by atoms with Gasteiger partial charge in [0.1, 0.15) is 5.82 Å². The number of halogens is 1. The molecule has 0 spiro atoms. The standard InChI is InChI=1S/C9H16ClN3S/c1-6(2)8(4-5-10)12-9-11-7(3)13-14-9/h6,8H,4-5H2,1-3H3,(H,11,12,13). The van der Waals surface area contributed by atoms with Crippen LogP contribution in [0.5, 0.6) is 0 Å². The highest BCUT2D eigenvalue weighted by Gasteiger charge is 2.13. The van der Waals surface area contributed by atoms with Gasteiger partial charge < -0.3 is 5.32 Å². The van der Waals surface area contributed by atoms with Crippen LogP contribution in [0.15, 0.2) is 0 Å². The molecule has 0 aliphatic heterocycles. The summed E-state index contributed by atoms with van der Waals surface area (Å²) in [5, 5.41) is 4.26. The molecule has 0 fully saturated rings. The highest BCUT2D eigenvalue weighted by molar-refractivity contribution is 7.09. The Hall–Kier alpha value is -0.350. The summed E-state index contributed by atoms with van der Waals surface area (Å²) in [5.41, 5.74) is 0. The van der Waals surface area contributed by atoms with Gasteiger partial charge in [0.25, 0.3) is 0 Å². The molecule has 0 saturated carbocycles. The molecule has 0 aliphatic carbocycles. The number of alkyl halides is 1. The molecule has 3 nitrogen and oxygen atoms in total. The SMILES string of the molecule is Cc1nsc(NC(CCCl)C(C)C)n1. The summed E-state index contributed by atoms with van der Waals surface area (Å²) in [7, 11) is 0. The lowest BCUT2D eigenvalue weighted by molar-refractivity contribution is 0.513. The van der Waals surface area contributed by atoms with Crippen molar-refractivity contribution in [1.29, 1.82) is 0 Å². The number of nitrogens with one attached hydrogen (secondary N) is 1. The van der Waals surface area contributed by atoms with E-state index in [-0.39, 0.29) is 0 Å². The lowest BCUT2D eigenvalue weighted by Crippen LogP contribution is -2.26. The van der Waals surface area contributed by atoms with Gasteiger partial charge in [0.15, 0.2) is 0 Å². The molecular formula is C9H16ClN3S. The van der Waals surface area contributed by atoms with Crippen molar-refractivity contribution in [3.05, 3.63) is 5.82 Å². The smallest absolute Gasteiger partial charge is 0.202 e. The summed E-state index contributed by atoms with van der Waals surface area (Å²) in [6, 6.07) is 0.389. The zero-order chi connectivity index (χ0) is 10.6. The van der Waals surface area contributed by atoms with E-state index in [0.717, 1.165) is 17.4 Å². The van der Waals surface area contributed by atoms with E-state index in [1.165, 1.54) is 11.5 Å². The Labute approximate surface area is 94.1 Å². The van der Waals surface area contributed by atoms with Crippen LogP contribution in [0.1, 0.15) is 26.1 Å². The largest absolute Gasteiger partial charge is 0.357 e. The van der Waals surface area contributed by atoms with Gasteiger partial charge in [-0.2, -0.15) is 4.37 Å². The topological polar surface area (TPSA) is 37.8 Å². The molecule has 5 heteroatoms. The first kappa shape index (κ1) is 11.7. The molecule has 80 valence electrons. The Kier molecular flexibility index (Phi) is 4.62. The predicted molar refractivity (Wildman–Crippen MR) is 62.2 cm³/mol. The quantitative estimate of drug-likeness (QED) is 0.795. The van der Waals surface area contributed by atoms with Gasteiger partial charge >= 0.3 is 0 Å². The average Bonchev–Trinajstić information content (AvgIpc) is 2.50. The Morgan fingerprint density at radius 3 is 2.64 bits per heavy atom. The summed E-state index contributed by atoms with van der Waals surface area (Å²) in [4.78, 5) is 4.27. The van der Waals surface area contributed by atoms with E-state index in [1.54, 1.807) is 0 Å². The van der Waals surface area contributed by atoms with Crippen molar-refractivity contribution in [3.8, 4) is 0 Å². The second-order valence-corrected chi connectivity index (χ2v) is 4.75. The third kappa shape index (κ3) is 3.42. The van der Waals surface area contributed by atoms with Crippen molar-refractivity contribution in [3.63, 3.8) is 0 Å². The van der Waals surface area contributed by atoms with Crippen LogP contribution in [0, 0.1) is 12.8 Å². The molecular weight excluding hydrogens is 218 g/mol. The van der Waals surface area contributed by atoms with E-state index in [0.29, 0.717) is 17.8 Å². The van der Waals surface area contributed by atoms with Gasteiger partial charge in [-0.1, -0.05) is 13.8 Å². The number of aromatic nitrogens is 2. The third-order valence-electron chi connectivity index (χ3n) is 2.06. The molecule has 0 aliphatic rings. The Balaban J connectivity index is 2.55. The molecule has 0 aromatic carbocycles. The average molecular weight is 234 g/mol. The van der Waals surface area contributed by atoms with Crippen molar-refractivity contribution < 1.29 is 0 Å². The Morgan fingerprint density at radius 1 is 1.50 bits per heavy atom. The van der Waals surface area contributed by atoms with Crippen molar-refractivity contribution in [2.24, 2.45) is 5.92 Å². The van der Waals surface area contributed by atoms with Crippen LogP contribution >= 0.6 is 23.1 Å². The molecule has 1 aromatic heterocycles. The van der Waals surface area contributed by atoms with Gasteiger partial charge in [-0.05, 0) is 19.3 Å². The number of anilines is 1. The zero-order valence-electron chi connectivity index (χ0n) is 8.75. The Bertz CT molecular complexity index is 275.